The third-order valence-electron chi connectivity index (χ3n) is 7.29. The van der Waals surface area contributed by atoms with E-state index < -0.39 is 18.0 Å². The molecule has 0 saturated heterocycles. The standard InChI is InChI=1S/C27H30N2O5/c30-25(31)15-29(14-17-12-13-17)26(32)22-10-5-11-24(22)28-27(33)34-16-23-20-8-3-1-6-18(20)19-7-2-4-9-21(19)23/h1-4,6-9,17,22-24H,5,10-16H2,(H,28,33)(H,30,31)/t22-,24+/m0/s1. The molecule has 0 heterocycles. The lowest BCUT2D eigenvalue weighted by Gasteiger charge is -2.27. The van der Waals surface area contributed by atoms with Gasteiger partial charge in [-0.2, -0.15) is 0 Å². The second-order valence-electron chi connectivity index (χ2n) is 9.67. The summed E-state index contributed by atoms with van der Waals surface area (Å²) in [6.07, 6.45) is 3.69. The Hall–Kier alpha value is -3.35. The van der Waals surface area contributed by atoms with Crippen molar-refractivity contribution in [3.8, 4) is 11.1 Å². The van der Waals surface area contributed by atoms with Gasteiger partial charge in [0.15, 0.2) is 0 Å². The molecule has 7 heteroatoms. The minimum absolute atomic E-state index is 0.0243. The molecule has 2 aromatic carbocycles. The zero-order valence-electron chi connectivity index (χ0n) is 19.1. The van der Waals surface area contributed by atoms with Gasteiger partial charge in [0.25, 0.3) is 0 Å². The van der Waals surface area contributed by atoms with E-state index in [1.54, 1.807) is 0 Å². The van der Waals surface area contributed by atoms with Crippen molar-refractivity contribution in [1.29, 1.82) is 0 Å². The Morgan fingerprint density at radius 1 is 0.941 bits per heavy atom. The molecule has 0 bridgehead atoms. The Bertz CT molecular complexity index is 1050. The van der Waals surface area contributed by atoms with Crippen molar-refractivity contribution >= 4 is 18.0 Å². The zero-order valence-corrected chi connectivity index (χ0v) is 19.1. The van der Waals surface area contributed by atoms with Crippen LogP contribution in [0.4, 0.5) is 4.79 Å². The summed E-state index contributed by atoms with van der Waals surface area (Å²) in [5.41, 5.74) is 4.63. The molecule has 34 heavy (non-hydrogen) atoms. The number of carbonyl (C=O) groups is 3. The van der Waals surface area contributed by atoms with Crippen LogP contribution >= 0.6 is 0 Å². The van der Waals surface area contributed by atoms with Gasteiger partial charge >= 0.3 is 12.1 Å². The minimum Gasteiger partial charge on any atom is -0.480 e. The number of benzene rings is 2. The predicted molar refractivity (Wildman–Crippen MR) is 126 cm³/mol. The first-order valence-electron chi connectivity index (χ1n) is 12.1. The van der Waals surface area contributed by atoms with Crippen molar-refractivity contribution in [2.24, 2.45) is 11.8 Å². The van der Waals surface area contributed by atoms with Gasteiger partial charge in [-0.25, -0.2) is 4.79 Å². The van der Waals surface area contributed by atoms with Crippen LogP contribution in [0, 0.1) is 11.8 Å². The van der Waals surface area contributed by atoms with Crippen molar-refractivity contribution in [3.63, 3.8) is 0 Å². The summed E-state index contributed by atoms with van der Waals surface area (Å²) in [6.45, 7) is 0.417. The van der Waals surface area contributed by atoms with Crippen LogP contribution in [0.3, 0.4) is 0 Å². The summed E-state index contributed by atoms with van der Waals surface area (Å²) >= 11 is 0. The lowest BCUT2D eigenvalue weighted by atomic mass is 9.98. The molecule has 178 valence electrons. The molecule has 0 aliphatic heterocycles. The highest BCUT2D eigenvalue weighted by Crippen LogP contribution is 2.44. The fourth-order valence-corrected chi connectivity index (χ4v) is 5.46. The second-order valence-corrected chi connectivity index (χ2v) is 9.67. The highest BCUT2D eigenvalue weighted by molar-refractivity contribution is 5.84. The molecule has 7 nitrogen and oxygen atoms in total. The number of aliphatic carboxylic acids is 1. The van der Waals surface area contributed by atoms with E-state index in [4.69, 9.17) is 4.74 Å². The molecule has 0 unspecified atom stereocenters. The molecule has 2 N–H and O–H groups in total. The van der Waals surface area contributed by atoms with E-state index in [1.165, 1.54) is 16.0 Å². The van der Waals surface area contributed by atoms with Gasteiger partial charge in [0.1, 0.15) is 13.2 Å². The summed E-state index contributed by atoms with van der Waals surface area (Å²) in [4.78, 5) is 38.6. The number of hydrogen-bond donors (Lipinski definition) is 2. The van der Waals surface area contributed by atoms with Gasteiger partial charge in [-0.1, -0.05) is 55.0 Å². The molecule has 2 fully saturated rings. The van der Waals surface area contributed by atoms with Crippen LogP contribution in [0.1, 0.15) is 49.1 Å². The lowest BCUT2D eigenvalue weighted by molar-refractivity contribution is -0.146. The summed E-state index contributed by atoms with van der Waals surface area (Å²) in [5, 5.41) is 12.2. The first kappa shape index (κ1) is 22.4. The molecule has 2 amide bonds. The van der Waals surface area contributed by atoms with Gasteiger partial charge in [-0.05, 0) is 53.9 Å². The maximum absolute atomic E-state index is 13.1. The number of alkyl carbamates (subject to hydrolysis) is 1. The van der Waals surface area contributed by atoms with Crippen LogP contribution < -0.4 is 5.32 Å². The summed E-state index contributed by atoms with van der Waals surface area (Å²) in [5.74, 6) is -1.20. The van der Waals surface area contributed by atoms with E-state index >= 15 is 0 Å². The molecule has 2 atom stereocenters. The largest absolute Gasteiger partial charge is 0.480 e. The topological polar surface area (TPSA) is 95.9 Å². The van der Waals surface area contributed by atoms with Gasteiger partial charge in [-0.15, -0.1) is 0 Å². The highest BCUT2D eigenvalue weighted by atomic mass is 16.5. The van der Waals surface area contributed by atoms with Crippen molar-refractivity contribution in [3.05, 3.63) is 59.7 Å². The van der Waals surface area contributed by atoms with Crippen LogP contribution in [0.25, 0.3) is 11.1 Å². The zero-order chi connectivity index (χ0) is 23.7. The molecule has 2 saturated carbocycles. The molecular formula is C27H30N2O5. The van der Waals surface area contributed by atoms with E-state index in [0.717, 1.165) is 30.4 Å². The summed E-state index contributed by atoms with van der Waals surface area (Å²) in [7, 11) is 0. The Balaban J connectivity index is 1.21. The molecule has 3 aliphatic carbocycles. The molecule has 0 spiro atoms. The Kier molecular flexibility index (Phi) is 6.26. The van der Waals surface area contributed by atoms with Crippen LogP contribution in [0.2, 0.25) is 0 Å². The molecule has 3 aliphatic rings. The van der Waals surface area contributed by atoms with Gasteiger partial charge < -0.3 is 20.1 Å². The number of carboxylic acid groups (broad SMARTS) is 1. The van der Waals surface area contributed by atoms with E-state index in [1.807, 2.05) is 24.3 Å². The maximum Gasteiger partial charge on any atom is 0.407 e. The Labute approximate surface area is 199 Å². The van der Waals surface area contributed by atoms with E-state index in [9.17, 15) is 19.5 Å². The number of ether oxygens (including phenoxy) is 1. The number of fused-ring (bicyclic) bond motifs is 3. The predicted octanol–water partition coefficient (Wildman–Crippen LogP) is 4.02. The molecule has 0 radical (unpaired) electrons. The SMILES string of the molecule is O=C(O)CN(CC1CC1)C(=O)[C@H]1CCC[C@H]1NC(=O)OCC1c2ccccc2-c2ccccc21. The second kappa shape index (κ2) is 9.49. The normalized spacial score (nSPS) is 20.9. The lowest BCUT2D eigenvalue weighted by Crippen LogP contribution is -2.47. The highest BCUT2D eigenvalue weighted by Gasteiger charge is 2.39. The van der Waals surface area contributed by atoms with Gasteiger partial charge in [0.05, 0.1) is 5.92 Å². The van der Waals surface area contributed by atoms with Crippen LogP contribution in [-0.2, 0) is 14.3 Å². The summed E-state index contributed by atoms with van der Waals surface area (Å²) in [6, 6.07) is 16.0. The molecule has 0 aromatic heterocycles. The average Bonchev–Trinajstić information content (AvgIpc) is 3.43. The fourth-order valence-electron chi connectivity index (χ4n) is 5.46. The monoisotopic (exact) mass is 462 g/mol. The van der Waals surface area contributed by atoms with Crippen molar-refractivity contribution < 1.29 is 24.2 Å². The quantitative estimate of drug-likeness (QED) is 0.618. The number of carboxylic acids is 1. The number of hydrogen-bond acceptors (Lipinski definition) is 4. The molecule has 2 aromatic rings. The number of nitrogens with zero attached hydrogens (tertiary/aromatic N) is 1. The molecular weight excluding hydrogens is 432 g/mol. The maximum atomic E-state index is 13.1. The van der Waals surface area contributed by atoms with E-state index in [2.05, 4.69) is 29.6 Å². The smallest absolute Gasteiger partial charge is 0.407 e. The Morgan fingerprint density at radius 2 is 1.59 bits per heavy atom. The summed E-state index contributed by atoms with van der Waals surface area (Å²) < 4.78 is 5.66. The van der Waals surface area contributed by atoms with Crippen LogP contribution in [0.5, 0.6) is 0 Å². The van der Waals surface area contributed by atoms with Crippen molar-refractivity contribution in [1.82, 2.24) is 10.2 Å². The number of rotatable bonds is 8. The van der Waals surface area contributed by atoms with Gasteiger partial charge in [0, 0.05) is 18.5 Å². The first-order valence-corrected chi connectivity index (χ1v) is 12.1. The third-order valence-corrected chi connectivity index (χ3v) is 7.29. The van der Waals surface area contributed by atoms with Crippen LogP contribution in [-0.4, -0.2) is 53.7 Å². The third kappa shape index (κ3) is 4.65. The van der Waals surface area contributed by atoms with Crippen molar-refractivity contribution in [2.45, 2.75) is 44.1 Å². The molecule has 5 rings (SSSR count). The Morgan fingerprint density at radius 3 is 2.21 bits per heavy atom. The number of carbonyl (C=O) groups excluding carboxylic acids is 2. The van der Waals surface area contributed by atoms with Crippen molar-refractivity contribution in [2.75, 3.05) is 19.7 Å². The van der Waals surface area contributed by atoms with E-state index in [-0.39, 0.29) is 31.0 Å². The average molecular weight is 463 g/mol. The number of amides is 2. The number of nitrogens with one attached hydrogen (secondary N) is 1. The van der Waals surface area contributed by atoms with Gasteiger partial charge in [-0.3, -0.25) is 9.59 Å². The van der Waals surface area contributed by atoms with Gasteiger partial charge in [0.2, 0.25) is 5.91 Å². The minimum atomic E-state index is -1.01. The fraction of sp³-hybridized carbons (Fsp3) is 0.444. The van der Waals surface area contributed by atoms with E-state index in [0.29, 0.717) is 25.3 Å². The first-order chi connectivity index (χ1) is 16.5. The van der Waals surface area contributed by atoms with Crippen LogP contribution in [0.15, 0.2) is 48.5 Å².